The summed E-state index contributed by atoms with van der Waals surface area (Å²) in [6.45, 7) is 0. The first-order chi connectivity index (χ1) is 13.7. The molecule has 0 atom stereocenters. The molecule has 0 bridgehead atoms. The Bertz CT molecular complexity index is 957. The largest absolute Gasteiger partial charge is 1.00 e. The van der Waals surface area contributed by atoms with E-state index in [0.29, 0.717) is 16.7 Å². The number of halogens is 3. The number of hydrogen-bond donors (Lipinski definition) is 0. The Morgan fingerprint density at radius 3 is 1.41 bits per heavy atom. The Kier molecular flexibility index (Phi) is 7.09. The molecular formula is C25H20Cl2FP. The van der Waals surface area contributed by atoms with E-state index in [1.54, 1.807) is 6.07 Å². The second-order valence-corrected chi connectivity index (χ2v) is 10.6. The maximum Gasteiger partial charge on any atom is 0.131 e. The molecule has 0 saturated heterocycles. The van der Waals surface area contributed by atoms with E-state index >= 15 is 0 Å². The Hall–Kier alpha value is -2.18. The van der Waals surface area contributed by atoms with Gasteiger partial charge in [0, 0.05) is 10.6 Å². The van der Waals surface area contributed by atoms with Crippen LogP contribution < -0.4 is 28.3 Å². The molecule has 0 aliphatic heterocycles. The highest BCUT2D eigenvalue weighted by Gasteiger charge is 2.45. The van der Waals surface area contributed by atoms with Gasteiger partial charge in [-0.25, -0.2) is 4.39 Å². The topological polar surface area (TPSA) is 0 Å². The zero-order valence-corrected chi connectivity index (χ0v) is 18.1. The van der Waals surface area contributed by atoms with Crippen LogP contribution in [0.15, 0.2) is 109 Å². The minimum atomic E-state index is -2.10. The Labute approximate surface area is 183 Å². The lowest BCUT2D eigenvalue weighted by Crippen LogP contribution is -3.00. The predicted molar refractivity (Wildman–Crippen MR) is 120 cm³/mol. The van der Waals surface area contributed by atoms with E-state index in [1.165, 1.54) is 22.0 Å². The van der Waals surface area contributed by atoms with Gasteiger partial charge in [0.25, 0.3) is 0 Å². The van der Waals surface area contributed by atoms with Crippen LogP contribution in [0.2, 0.25) is 5.02 Å². The van der Waals surface area contributed by atoms with Gasteiger partial charge in [-0.3, -0.25) is 0 Å². The summed E-state index contributed by atoms with van der Waals surface area (Å²) in [6, 6.07) is 36.5. The normalized spacial score (nSPS) is 11.0. The van der Waals surface area contributed by atoms with Crippen LogP contribution in [0.5, 0.6) is 0 Å². The highest BCUT2D eigenvalue weighted by Crippen LogP contribution is 2.58. The van der Waals surface area contributed by atoms with E-state index in [9.17, 15) is 4.39 Å². The lowest BCUT2D eigenvalue weighted by Gasteiger charge is -2.28. The van der Waals surface area contributed by atoms with E-state index in [0.717, 1.165) is 0 Å². The van der Waals surface area contributed by atoms with Gasteiger partial charge in [-0.1, -0.05) is 72.3 Å². The SMILES string of the molecule is Fc1cc(Cl)ccc1C[P+](c1ccccc1)(c1ccccc1)c1ccccc1.[Cl-]. The van der Waals surface area contributed by atoms with Crippen molar-refractivity contribution in [2.24, 2.45) is 0 Å². The van der Waals surface area contributed by atoms with Gasteiger partial charge in [0.15, 0.2) is 0 Å². The van der Waals surface area contributed by atoms with Crippen LogP contribution in [0.3, 0.4) is 0 Å². The molecule has 4 aromatic carbocycles. The summed E-state index contributed by atoms with van der Waals surface area (Å²) >= 11 is 6.01. The standard InChI is InChI=1S/C25H20ClFP.ClH/c26-21-17-16-20(25(27)18-21)19-28(22-10-4-1-5-11-22,23-12-6-2-7-13-23)24-14-8-3-9-15-24;/h1-18H,19H2;1H/q+1;/p-1. The quantitative estimate of drug-likeness (QED) is 0.418. The van der Waals surface area contributed by atoms with Crippen LogP contribution in [0.1, 0.15) is 5.56 Å². The minimum Gasteiger partial charge on any atom is -1.00 e. The molecule has 0 fully saturated rings. The molecular weight excluding hydrogens is 421 g/mol. The van der Waals surface area contributed by atoms with E-state index in [4.69, 9.17) is 11.6 Å². The lowest BCUT2D eigenvalue weighted by atomic mass is 10.2. The zero-order chi connectivity index (χ0) is 19.4. The fourth-order valence-electron chi connectivity index (χ4n) is 3.67. The van der Waals surface area contributed by atoms with Gasteiger partial charge in [0.05, 0.1) is 0 Å². The van der Waals surface area contributed by atoms with E-state index in [-0.39, 0.29) is 18.2 Å². The van der Waals surface area contributed by atoms with Crippen LogP contribution in [-0.2, 0) is 6.16 Å². The van der Waals surface area contributed by atoms with Crippen molar-refractivity contribution in [3.05, 3.63) is 126 Å². The Morgan fingerprint density at radius 2 is 1.03 bits per heavy atom. The molecule has 4 aromatic rings. The van der Waals surface area contributed by atoms with Crippen molar-refractivity contribution >= 4 is 34.8 Å². The van der Waals surface area contributed by atoms with Crippen molar-refractivity contribution in [2.75, 3.05) is 0 Å². The molecule has 29 heavy (non-hydrogen) atoms. The van der Waals surface area contributed by atoms with Crippen LogP contribution >= 0.6 is 18.9 Å². The van der Waals surface area contributed by atoms with E-state index in [2.05, 4.69) is 72.8 Å². The summed E-state index contributed by atoms with van der Waals surface area (Å²) in [7, 11) is -2.10. The average molecular weight is 441 g/mol. The minimum absolute atomic E-state index is 0. The van der Waals surface area contributed by atoms with Crippen LogP contribution in [0.4, 0.5) is 4.39 Å². The van der Waals surface area contributed by atoms with Gasteiger partial charge >= 0.3 is 0 Å². The van der Waals surface area contributed by atoms with Gasteiger partial charge in [0.1, 0.15) is 35.2 Å². The molecule has 0 radical (unpaired) electrons. The van der Waals surface area contributed by atoms with E-state index < -0.39 is 7.26 Å². The van der Waals surface area contributed by atoms with Crippen molar-refractivity contribution in [2.45, 2.75) is 6.16 Å². The highest BCUT2D eigenvalue weighted by molar-refractivity contribution is 7.95. The Morgan fingerprint density at radius 1 is 0.621 bits per heavy atom. The zero-order valence-electron chi connectivity index (χ0n) is 15.7. The molecule has 146 valence electrons. The van der Waals surface area contributed by atoms with E-state index in [1.807, 2.05) is 24.3 Å². The Balaban J connectivity index is 0.00000240. The third-order valence-electron chi connectivity index (χ3n) is 5.01. The number of hydrogen-bond acceptors (Lipinski definition) is 0. The average Bonchev–Trinajstić information content (AvgIpc) is 2.75. The fraction of sp³-hybridized carbons (Fsp3) is 0.0400. The van der Waals surface area contributed by atoms with Crippen molar-refractivity contribution in [3.8, 4) is 0 Å². The summed E-state index contributed by atoms with van der Waals surface area (Å²) in [5.74, 6) is -0.250. The first kappa shape index (κ1) is 21.5. The second-order valence-electron chi connectivity index (χ2n) is 6.71. The first-order valence-electron chi connectivity index (χ1n) is 9.19. The van der Waals surface area contributed by atoms with Gasteiger partial charge in [-0.2, -0.15) is 0 Å². The summed E-state index contributed by atoms with van der Waals surface area (Å²) < 4.78 is 14.9. The third-order valence-corrected chi connectivity index (χ3v) is 9.60. The first-order valence-corrected chi connectivity index (χ1v) is 11.5. The van der Waals surface area contributed by atoms with Crippen molar-refractivity contribution in [1.29, 1.82) is 0 Å². The molecule has 0 unspecified atom stereocenters. The predicted octanol–water partition coefficient (Wildman–Crippen LogP) is 2.98. The van der Waals surface area contributed by atoms with Gasteiger partial charge in [-0.15, -0.1) is 0 Å². The molecule has 0 nitrogen and oxygen atoms in total. The van der Waals surface area contributed by atoms with Gasteiger partial charge in [0.2, 0.25) is 0 Å². The summed E-state index contributed by atoms with van der Waals surface area (Å²) in [5, 5.41) is 4.13. The summed E-state index contributed by atoms with van der Waals surface area (Å²) in [5.41, 5.74) is 0.689. The van der Waals surface area contributed by atoms with Crippen LogP contribution in [0, 0.1) is 5.82 Å². The smallest absolute Gasteiger partial charge is 0.131 e. The maximum absolute atomic E-state index is 14.9. The number of benzene rings is 4. The molecule has 0 heterocycles. The van der Waals surface area contributed by atoms with Crippen molar-refractivity contribution < 1.29 is 16.8 Å². The molecule has 4 heteroatoms. The summed E-state index contributed by atoms with van der Waals surface area (Å²) in [6.07, 6.45) is 0.605. The number of rotatable bonds is 5. The molecule has 0 N–H and O–H groups in total. The molecule has 4 rings (SSSR count). The molecule has 0 aliphatic carbocycles. The van der Waals surface area contributed by atoms with Crippen molar-refractivity contribution in [1.82, 2.24) is 0 Å². The third kappa shape index (κ3) is 4.38. The fourth-order valence-corrected chi connectivity index (χ4v) is 8.09. The molecule has 0 aliphatic rings. The summed E-state index contributed by atoms with van der Waals surface area (Å²) in [4.78, 5) is 0. The molecule has 0 saturated carbocycles. The second kappa shape index (κ2) is 9.55. The van der Waals surface area contributed by atoms with Crippen molar-refractivity contribution in [3.63, 3.8) is 0 Å². The highest BCUT2D eigenvalue weighted by atomic mass is 35.5. The van der Waals surface area contributed by atoms with Crippen LogP contribution in [-0.4, -0.2) is 0 Å². The monoisotopic (exact) mass is 440 g/mol. The molecule has 0 amide bonds. The lowest BCUT2D eigenvalue weighted by molar-refractivity contribution is -0.00000591. The van der Waals surface area contributed by atoms with Crippen LogP contribution in [0.25, 0.3) is 0 Å². The molecule has 0 spiro atoms. The van der Waals surface area contributed by atoms with Gasteiger partial charge in [-0.05, 0) is 48.5 Å². The van der Waals surface area contributed by atoms with Gasteiger partial charge < -0.3 is 12.4 Å². The molecule has 0 aromatic heterocycles. The maximum atomic E-state index is 14.9.